The number of phenols is 1. The van der Waals surface area contributed by atoms with Gasteiger partial charge in [-0.1, -0.05) is 0 Å². The summed E-state index contributed by atoms with van der Waals surface area (Å²) in [5, 5.41) is 19.5. The quantitative estimate of drug-likeness (QED) is 0.173. The van der Waals surface area contributed by atoms with Crippen LogP contribution in [0.25, 0.3) is 0 Å². The van der Waals surface area contributed by atoms with Gasteiger partial charge < -0.3 is 42.4 Å². The third-order valence-electron chi connectivity index (χ3n) is 4.36. The Bertz CT molecular complexity index is 587. The maximum atomic E-state index is 12.0. The van der Waals surface area contributed by atoms with Gasteiger partial charge in [-0.05, 0) is 37.1 Å². The molecular formula is C21H36O10Si. The van der Waals surface area contributed by atoms with Crippen LogP contribution in [0.3, 0.4) is 0 Å². The Balaban J connectivity index is 2.56. The van der Waals surface area contributed by atoms with Gasteiger partial charge in [0.25, 0.3) is 0 Å². The highest BCUT2D eigenvalue weighted by atomic mass is 28.4. The Labute approximate surface area is 190 Å². The van der Waals surface area contributed by atoms with Gasteiger partial charge in [-0.3, -0.25) is 0 Å². The Kier molecular flexibility index (Phi) is 15.1. The predicted molar refractivity (Wildman–Crippen MR) is 118 cm³/mol. The van der Waals surface area contributed by atoms with Gasteiger partial charge in [0.1, 0.15) is 12.4 Å². The summed E-state index contributed by atoms with van der Waals surface area (Å²) in [6.07, 6.45) is 0.0589. The van der Waals surface area contributed by atoms with Gasteiger partial charge in [0, 0.05) is 27.4 Å². The fourth-order valence-electron chi connectivity index (χ4n) is 2.67. The van der Waals surface area contributed by atoms with Crippen LogP contribution in [-0.2, 0) is 32.2 Å². The number of aliphatic hydroxyl groups excluding tert-OH is 1. The molecule has 11 heteroatoms. The van der Waals surface area contributed by atoms with Crippen molar-refractivity contribution >= 4 is 14.8 Å². The molecule has 0 amide bonds. The van der Waals surface area contributed by atoms with Gasteiger partial charge in [-0.25, -0.2) is 4.79 Å². The number of benzene rings is 1. The number of ether oxygens (including phenoxy) is 4. The number of aliphatic hydroxyl groups is 1. The molecule has 0 aliphatic heterocycles. The molecule has 0 heterocycles. The van der Waals surface area contributed by atoms with E-state index in [9.17, 15) is 15.0 Å². The molecule has 1 rings (SSSR count). The van der Waals surface area contributed by atoms with Gasteiger partial charge in [-0.15, -0.1) is 0 Å². The number of carbonyl (C=O) groups excluding carboxylic acids is 1. The molecule has 184 valence electrons. The van der Waals surface area contributed by atoms with Crippen LogP contribution in [-0.4, -0.2) is 98.7 Å². The molecule has 0 fully saturated rings. The molecule has 0 aromatic heterocycles. The van der Waals surface area contributed by atoms with Crippen LogP contribution < -0.4 is 0 Å². The molecule has 1 aromatic rings. The average molecular weight is 477 g/mol. The summed E-state index contributed by atoms with van der Waals surface area (Å²) >= 11 is 0. The molecule has 0 aliphatic carbocycles. The third kappa shape index (κ3) is 11.9. The van der Waals surface area contributed by atoms with Crippen molar-refractivity contribution in [1.82, 2.24) is 0 Å². The zero-order valence-electron chi connectivity index (χ0n) is 19.1. The van der Waals surface area contributed by atoms with Crippen molar-refractivity contribution < 1.29 is 47.2 Å². The third-order valence-corrected chi connectivity index (χ3v) is 7.26. The molecule has 1 aromatic carbocycles. The normalized spacial score (nSPS) is 12.6. The number of methoxy groups -OCH3 is 3. The van der Waals surface area contributed by atoms with Gasteiger partial charge >= 0.3 is 14.8 Å². The fourth-order valence-corrected chi connectivity index (χ4v) is 5.18. The molecule has 0 bridgehead atoms. The molecule has 0 aliphatic rings. The zero-order chi connectivity index (χ0) is 23.7. The van der Waals surface area contributed by atoms with Gasteiger partial charge in [-0.2, -0.15) is 0 Å². The summed E-state index contributed by atoms with van der Waals surface area (Å²) in [5.74, 6) is -0.510. The number of phenolic OH excluding ortho intramolecular Hbond substituents is 1. The van der Waals surface area contributed by atoms with E-state index >= 15 is 0 Å². The molecule has 10 nitrogen and oxygen atoms in total. The van der Waals surface area contributed by atoms with Gasteiger partial charge in [0.2, 0.25) is 0 Å². The van der Waals surface area contributed by atoms with Crippen LogP contribution in [0.1, 0.15) is 23.2 Å². The Hall–Kier alpha value is -1.57. The van der Waals surface area contributed by atoms with E-state index in [-0.39, 0.29) is 12.4 Å². The lowest BCUT2D eigenvalue weighted by molar-refractivity contribution is 0.0113. The molecule has 0 saturated heterocycles. The van der Waals surface area contributed by atoms with Crippen LogP contribution in [0.15, 0.2) is 24.3 Å². The van der Waals surface area contributed by atoms with E-state index in [4.69, 9.17) is 32.2 Å². The van der Waals surface area contributed by atoms with E-state index in [1.807, 2.05) is 0 Å². The maximum Gasteiger partial charge on any atom is 0.501 e. The summed E-state index contributed by atoms with van der Waals surface area (Å²) in [6.45, 7) is 1.98. The molecular weight excluding hydrogens is 440 g/mol. The minimum absolute atomic E-state index is 0.0578. The molecule has 1 unspecified atom stereocenters. The minimum Gasteiger partial charge on any atom is -0.508 e. The first-order valence-corrected chi connectivity index (χ1v) is 12.4. The number of aromatic hydroxyl groups is 1. The van der Waals surface area contributed by atoms with Crippen LogP contribution in [0.4, 0.5) is 0 Å². The number of esters is 1. The van der Waals surface area contributed by atoms with E-state index in [2.05, 4.69) is 0 Å². The van der Waals surface area contributed by atoms with Crippen molar-refractivity contribution in [3.8, 4) is 5.75 Å². The summed E-state index contributed by atoms with van der Waals surface area (Å²) in [6, 6.07) is 6.17. The number of rotatable bonds is 19. The highest BCUT2D eigenvalue weighted by Gasteiger charge is 2.41. The number of carbonyl (C=O) groups is 1. The minimum atomic E-state index is -3.06. The molecule has 32 heavy (non-hydrogen) atoms. The predicted octanol–water partition coefficient (Wildman–Crippen LogP) is 1.62. The fraction of sp³-hybridized carbons (Fsp3) is 0.667. The molecule has 0 spiro atoms. The van der Waals surface area contributed by atoms with Crippen LogP contribution >= 0.6 is 0 Å². The second-order valence-electron chi connectivity index (χ2n) is 6.90. The largest absolute Gasteiger partial charge is 0.508 e. The van der Waals surface area contributed by atoms with E-state index in [1.165, 1.54) is 24.3 Å². The second-order valence-corrected chi connectivity index (χ2v) is 9.63. The summed E-state index contributed by atoms with van der Waals surface area (Å²) < 4.78 is 38.3. The summed E-state index contributed by atoms with van der Waals surface area (Å²) in [5.41, 5.74) is 0.297. The molecule has 1 atom stereocenters. The maximum absolute atomic E-state index is 12.0. The Morgan fingerprint density at radius 3 is 1.84 bits per heavy atom. The average Bonchev–Trinajstić information content (AvgIpc) is 2.78. The van der Waals surface area contributed by atoms with Crippen molar-refractivity contribution in [1.29, 1.82) is 0 Å². The van der Waals surface area contributed by atoms with Crippen LogP contribution in [0.5, 0.6) is 5.75 Å². The van der Waals surface area contributed by atoms with Crippen LogP contribution in [0.2, 0.25) is 6.04 Å². The monoisotopic (exact) mass is 476 g/mol. The van der Waals surface area contributed by atoms with Crippen molar-refractivity contribution in [3.05, 3.63) is 29.8 Å². The number of hydrogen-bond acceptors (Lipinski definition) is 10. The number of hydrogen-bond donors (Lipinski definition) is 2. The SMILES string of the molecule is COCCO[Si](CCCC(O)COC(=O)c1ccc(O)cc1)(OCCOC)OCCOC. The van der Waals surface area contributed by atoms with Crippen LogP contribution in [0, 0.1) is 0 Å². The van der Waals surface area contributed by atoms with Gasteiger partial charge in [0.15, 0.2) is 0 Å². The topological polar surface area (TPSA) is 122 Å². The van der Waals surface area contributed by atoms with E-state index < -0.39 is 20.9 Å². The van der Waals surface area contributed by atoms with Crippen molar-refractivity contribution in [2.45, 2.75) is 25.0 Å². The van der Waals surface area contributed by atoms with Crippen molar-refractivity contribution in [3.63, 3.8) is 0 Å². The first-order chi connectivity index (χ1) is 15.5. The molecule has 0 saturated carbocycles. The summed E-state index contributed by atoms with van der Waals surface area (Å²) in [4.78, 5) is 12.0. The highest BCUT2D eigenvalue weighted by molar-refractivity contribution is 6.60. The smallest absolute Gasteiger partial charge is 0.501 e. The van der Waals surface area contributed by atoms with E-state index in [0.29, 0.717) is 64.1 Å². The highest BCUT2D eigenvalue weighted by Crippen LogP contribution is 2.20. The lowest BCUT2D eigenvalue weighted by atomic mass is 10.2. The van der Waals surface area contributed by atoms with E-state index in [1.54, 1.807) is 21.3 Å². The first-order valence-electron chi connectivity index (χ1n) is 10.5. The van der Waals surface area contributed by atoms with Gasteiger partial charge in [0.05, 0.1) is 51.3 Å². The molecule has 0 radical (unpaired) electrons. The van der Waals surface area contributed by atoms with Crippen molar-refractivity contribution in [2.24, 2.45) is 0 Å². The molecule has 2 N–H and O–H groups in total. The summed E-state index contributed by atoms with van der Waals surface area (Å²) in [7, 11) is 1.69. The second kappa shape index (κ2) is 17.0. The first kappa shape index (κ1) is 28.5. The zero-order valence-corrected chi connectivity index (χ0v) is 20.1. The lowest BCUT2D eigenvalue weighted by Crippen LogP contribution is -2.48. The standard InChI is InChI=1S/C21H36O10Si/c1-25-10-13-29-32(30-14-11-26-2,31-15-12-27-3)16-4-5-20(23)17-28-21(24)18-6-8-19(22)9-7-18/h6-9,20,22-23H,4-5,10-17H2,1-3H3. The van der Waals surface area contributed by atoms with E-state index in [0.717, 1.165) is 0 Å². The Morgan fingerprint density at radius 1 is 0.875 bits per heavy atom. The van der Waals surface area contributed by atoms with Crippen molar-refractivity contribution in [2.75, 3.05) is 67.6 Å². The Morgan fingerprint density at radius 2 is 1.38 bits per heavy atom. The lowest BCUT2D eigenvalue weighted by Gasteiger charge is -2.30.